The molecule has 1 heterocycles. The van der Waals surface area contributed by atoms with Gasteiger partial charge in [-0.15, -0.1) is 11.8 Å². The van der Waals surface area contributed by atoms with Gasteiger partial charge in [0.15, 0.2) is 0 Å². The van der Waals surface area contributed by atoms with Gasteiger partial charge in [-0.3, -0.25) is 14.9 Å². The van der Waals surface area contributed by atoms with Gasteiger partial charge in [0.05, 0.1) is 22.1 Å². The van der Waals surface area contributed by atoms with Crippen LogP contribution in [0, 0.1) is 10.1 Å². The lowest BCUT2D eigenvalue weighted by Crippen LogP contribution is -2.15. The van der Waals surface area contributed by atoms with Crippen LogP contribution in [-0.4, -0.2) is 31.3 Å². The van der Waals surface area contributed by atoms with E-state index in [0.29, 0.717) is 11.4 Å². The Balaban J connectivity index is 1.63. The molecule has 1 N–H and O–H groups in total. The molecular formula is C16H13N5O3S. The number of nitro groups is 1. The van der Waals surface area contributed by atoms with Gasteiger partial charge in [-0.05, 0) is 24.3 Å². The maximum absolute atomic E-state index is 12.2. The second-order valence-electron chi connectivity index (χ2n) is 4.95. The Hall–Kier alpha value is -3.20. The summed E-state index contributed by atoms with van der Waals surface area (Å²) in [5.74, 6) is -0.000305. The molecule has 0 radical (unpaired) electrons. The minimum atomic E-state index is -0.456. The van der Waals surface area contributed by atoms with Gasteiger partial charge in [-0.25, -0.2) is 9.67 Å². The van der Waals surface area contributed by atoms with Crippen LogP contribution in [0.4, 0.5) is 11.4 Å². The fraction of sp³-hybridized carbons (Fsp3) is 0.0625. The summed E-state index contributed by atoms with van der Waals surface area (Å²) in [5, 5.41) is 17.5. The van der Waals surface area contributed by atoms with Crippen molar-refractivity contribution in [1.82, 2.24) is 14.8 Å². The molecule has 25 heavy (non-hydrogen) atoms. The van der Waals surface area contributed by atoms with Gasteiger partial charge in [-0.1, -0.05) is 12.1 Å². The normalized spacial score (nSPS) is 10.4. The van der Waals surface area contributed by atoms with Crippen molar-refractivity contribution in [1.29, 1.82) is 0 Å². The predicted octanol–water partition coefficient (Wildman–Crippen LogP) is 2.91. The van der Waals surface area contributed by atoms with Gasteiger partial charge in [-0.2, -0.15) is 5.10 Å². The molecule has 0 aliphatic carbocycles. The SMILES string of the molecule is O=C(CSc1ccc([N+](=O)[O-])cc1)Nc1ccccc1-n1cncn1. The number of carbonyl (C=O) groups is 1. The van der Waals surface area contributed by atoms with E-state index in [1.54, 1.807) is 29.2 Å². The molecular weight excluding hydrogens is 342 g/mol. The molecule has 8 nitrogen and oxygen atoms in total. The summed E-state index contributed by atoms with van der Waals surface area (Å²) in [7, 11) is 0. The van der Waals surface area contributed by atoms with E-state index in [4.69, 9.17) is 0 Å². The monoisotopic (exact) mass is 355 g/mol. The third-order valence-electron chi connectivity index (χ3n) is 3.26. The van der Waals surface area contributed by atoms with Crippen molar-refractivity contribution in [3.8, 4) is 5.69 Å². The van der Waals surface area contributed by atoms with Gasteiger partial charge >= 0.3 is 0 Å². The van der Waals surface area contributed by atoms with Crippen LogP contribution < -0.4 is 5.32 Å². The smallest absolute Gasteiger partial charge is 0.269 e. The van der Waals surface area contributed by atoms with E-state index >= 15 is 0 Å². The molecule has 0 saturated carbocycles. The van der Waals surface area contributed by atoms with E-state index in [9.17, 15) is 14.9 Å². The minimum Gasteiger partial charge on any atom is -0.323 e. The molecule has 3 aromatic rings. The van der Waals surface area contributed by atoms with Crippen LogP contribution >= 0.6 is 11.8 Å². The summed E-state index contributed by atoms with van der Waals surface area (Å²) >= 11 is 1.30. The molecule has 3 rings (SSSR count). The van der Waals surface area contributed by atoms with E-state index in [0.717, 1.165) is 4.90 Å². The van der Waals surface area contributed by atoms with Crippen molar-refractivity contribution in [3.63, 3.8) is 0 Å². The second kappa shape index (κ2) is 7.58. The number of aromatic nitrogens is 3. The average Bonchev–Trinajstić information content (AvgIpc) is 3.15. The van der Waals surface area contributed by atoms with Crippen molar-refractivity contribution < 1.29 is 9.72 Å². The molecule has 0 aliphatic rings. The molecule has 1 aromatic heterocycles. The quantitative estimate of drug-likeness (QED) is 0.414. The fourth-order valence-corrected chi connectivity index (χ4v) is 2.81. The third kappa shape index (κ3) is 4.21. The molecule has 0 spiro atoms. The number of carbonyl (C=O) groups excluding carboxylic acids is 1. The Morgan fingerprint density at radius 2 is 1.96 bits per heavy atom. The second-order valence-corrected chi connectivity index (χ2v) is 5.99. The Labute approximate surface area is 147 Å². The molecule has 126 valence electrons. The first-order valence-electron chi connectivity index (χ1n) is 7.24. The maximum Gasteiger partial charge on any atom is 0.269 e. The Morgan fingerprint density at radius 1 is 1.20 bits per heavy atom. The largest absolute Gasteiger partial charge is 0.323 e. The van der Waals surface area contributed by atoms with Crippen molar-refractivity contribution in [3.05, 3.63) is 71.3 Å². The number of nitro benzene ring substituents is 1. The summed E-state index contributed by atoms with van der Waals surface area (Å²) < 4.78 is 1.57. The summed E-state index contributed by atoms with van der Waals surface area (Å²) in [6.45, 7) is 0. The standard InChI is InChI=1S/C16H13N5O3S/c22-16(9-25-13-7-5-12(6-8-13)21(23)24)19-14-3-1-2-4-15(14)20-11-17-10-18-20/h1-8,10-11H,9H2,(H,19,22). The number of amides is 1. The third-order valence-corrected chi connectivity index (χ3v) is 4.27. The maximum atomic E-state index is 12.2. The zero-order valence-electron chi connectivity index (χ0n) is 12.9. The molecule has 2 aromatic carbocycles. The summed E-state index contributed by atoms with van der Waals surface area (Å²) in [6, 6.07) is 13.4. The minimum absolute atomic E-state index is 0.0237. The highest BCUT2D eigenvalue weighted by Crippen LogP contribution is 2.23. The van der Waals surface area contributed by atoms with Crippen LogP contribution in [-0.2, 0) is 4.79 Å². The molecule has 1 amide bonds. The van der Waals surface area contributed by atoms with Crippen LogP contribution in [0.15, 0.2) is 66.1 Å². The Kier molecular flexibility index (Phi) is 5.05. The Morgan fingerprint density at radius 3 is 2.64 bits per heavy atom. The van der Waals surface area contributed by atoms with Crippen molar-refractivity contribution in [2.24, 2.45) is 0 Å². The number of hydrogen-bond acceptors (Lipinski definition) is 6. The highest BCUT2D eigenvalue weighted by molar-refractivity contribution is 8.00. The highest BCUT2D eigenvalue weighted by atomic mass is 32.2. The molecule has 0 atom stereocenters. The first-order valence-corrected chi connectivity index (χ1v) is 8.23. The van der Waals surface area contributed by atoms with E-state index in [1.165, 1.54) is 30.2 Å². The van der Waals surface area contributed by atoms with Gasteiger partial charge in [0.25, 0.3) is 5.69 Å². The van der Waals surface area contributed by atoms with Crippen molar-refractivity contribution >= 4 is 29.0 Å². The van der Waals surface area contributed by atoms with Gasteiger partial charge in [0.2, 0.25) is 5.91 Å². The van der Waals surface area contributed by atoms with Gasteiger partial charge < -0.3 is 5.32 Å². The number of nitrogens with one attached hydrogen (secondary N) is 1. The lowest BCUT2D eigenvalue weighted by Gasteiger charge is -2.10. The number of hydrogen-bond donors (Lipinski definition) is 1. The lowest BCUT2D eigenvalue weighted by atomic mass is 10.2. The molecule has 0 fully saturated rings. The first-order chi connectivity index (χ1) is 12.1. The number of benzene rings is 2. The number of para-hydroxylation sites is 2. The number of anilines is 1. The van der Waals surface area contributed by atoms with E-state index < -0.39 is 4.92 Å². The van der Waals surface area contributed by atoms with E-state index in [2.05, 4.69) is 15.4 Å². The van der Waals surface area contributed by atoms with Crippen LogP contribution in [0.2, 0.25) is 0 Å². The van der Waals surface area contributed by atoms with Crippen LogP contribution in [0.25, 0.3) is 5.69 Å². The van der Waals surface area contributed by atoms with Crippen LogP contribution in [0.1, 0.15) is 0 Å². The van der Waals surface area contributed by atoms with Crippen LogP contribution in [0.3, 0.4) is 0 Å². The summed E-state index contributed by atoms with van der Waals surface area (Å²) in [4.78, 5) is 27.1. The van der Waals surface area contributed by atoms with Crippen molar-refractivity contribution in [2.45, 2.75) is 4.90 Å². The number of non-ortho nitro benzene ring substituents is 1. The van der Waals surface area contributed by atoms with Gasteiger partial charge in [0, 0.05) is 17.0 Å². The number of rotatable bonds is 6. The molecule has 9 heteroatoms. The average molecular weight is 355 g/mol. The number of thioether (sulfide) groups is 1. The van der Waals surface area contributed by atoms with Crippen LogP contribution in [0.5, 0.6) is 0 Å². The topological polar surface area (TPSA) is 103 Å². The summed E-state index contributed by atoms with van der Waals surface area (Å²) in [6.07, 6.45) is 2.97. The predicted molar refractivity (Wildman–Crippen MR) is 93.8 cm³/mol. The number of nitrogens with zero attached hydrogens (tertiary/aromatic N) is 4. The van der Waals surface area contributed by atoms with E-state index in [1.807, 2.05) is 18.2 Å². The molecule has 0 aliphatic heterocycles. The molecule has 0 unspecified atom stereocenters. The zero-order valence-corrected chi connectivity index (χ0v) is 13.7. The van der Waals surface area contributed by atoms with Gasteiger partial charge in [0.1, 0.15) is 12.7 Å². The summed E-state index contributed by atoms with van der Waals surface area (Å²) in [5.41, 5.74) is 1.37. The van der Waals surface area contributed by atoms with E-state index in [-0.39, 0.29) is 17.3 Å². The Bertz CT molecular complexity index is 881. The first kappa shape index (κ1) is 16.7. The molecule has 0 saturated heterocycles. The van der Waals surface area contributed by atoms with Crippen molar-refractivity contribution in [2.75, 3.05) is 11.1 Å². The fourth-order valence-electron chi connectivity index (χ4n) is 2.11. The zero-order chi connectivity index (χ0) is 17.6. The molecule has 0 bridgehead atoms. The highest BCUT2D eigenvalue weighted by Gasteiger charge is 2.10. The lowest BCUT2D eigenvalue weighted by molar-refractivity contribution is -0.384.